The smallest absolute Gasteiger partial charge is 0.308 e. The maximum Gasteiger partial charge on any atom is 0.363 e. The van der Waals surface area contributed by atoms with Crippen LogP contribution in [0.25, 0.3) is 0 Å². The van der Waals surface area contributed by atoms with Gasteiger partial charge in [-0.2, -0.15) is 4.67 Å². The zero-order chi connectivity index (χ0) is 6.53. The molecule has 5 heteroatoms. The van der Waals surface area contributed by atoms with Gasteiger partial charge >= 0.3 is 8.60 Å². The summed E-state index contributed by atoms with van der Waals surface area (Å²) < 4.78 is 14.6. The van der Waals surface area contributed by atoms with Crippen LogP contribution in [0, 0.1) is 0 Å². The fourth-order valence-corrected chi connectivity index (χ4v) is 1.20. The summed E-state index contributed by atoms with van der Waals surface area (Å²) in [6.07, 6.45) is 0. The van der Waals surface area contributed by atoms with Crippen LogP contribution >= 0.6 is 8.60 Å². The molecule has 0 amide bonds. The van der Waals surface area contributed by atoms with E-state index >= 15 is 0 Å². The van der Waals surface area contributed by atoms with Crippen molar-refractivity contribution in [2.45, 2.75) is 6.92 Å². The molecule has 0 unspecified atom stereocenters. The molecular weight excluding hydrogens is 143 g/mol. The van der Waals surface area contributed by atoms with Crippen LogP contribution in [0.1, 0.15) is 6.92 Å². The van der Waals surface area contributed by atoms with Gasteiger partial charge in [-0.3, -0.25) is 0 Å². The predicted octanol–water partition coefficient (Wildman–Crippen LogP) is 1.23. The molecule has 1 fully saturated rings. The molecular formula is C4H9O4P. The van der Waals surface area contributed by atoms with Crippen LogP contribution in [0.3, 0.4) is 0 Å². The highest BCUT2D eigenvalue weighted by atomic mass is 31.2. The highest BCUT2D eigenvalue weighted by Gasteiger charge is 2.19. The van der Waals surface area contributed by atoms with Crippen LogP contribution in [-0.4, -0.2) is 19.8 Å². The average molecular weight is 152 g/mol. The number of hydrogen-bond acceptors (Lipinski definition) is 4. The largest absolute Gasteiger partial charge is 0.363 e. The van der Waals surface area contributed by atoms with Gasteiger partial charge in [0.1, 0.15) is 0 Å². The van der Waals surface area contributed by atoms with E-state index in [1.165, 1.54) is 0 Å². The third-order valence-corrected chi connectivity index (χ3v) is 1.72. The highest BCUT2D eigenvalue weighted by molar-refractivity contribution is 7.41. The fraction of sp³-hybridized carbons (Fsp3) is 1.00. The Morgan fingerprint density at radius 2 is 2.11 bits per heavy atom. The van der Waals surface area contributed by atoms with Crippen LogP contribution in [0.5, 0.6) is 0 Å². The summed E-state index contributed by atoms with van der Waals surface area (Å²) in [4.78, 5) is 4.60. The van der Waals surface area contributed by atoms with Crippen LogP contribution in [0.2, 0.25) is 0 Å². The van der Waals surface area contributed by atoms with E-state index in [9.17, 15) is 0 Å². The maximum atomic E-state index is 4.95. The molecule has 1 aliphatic heterocycles. The van der Waals surface area contributed by atoms with Gasteiger partial charge in [0.05, 0.1) is 19.8 Å². The summed E-state index contributed by atoms with van der Waals surface area (Å²) in [5, 5.41) is 0. The Balaban J connectivity index is 1.98. The minimum Gasteiger partial charge on any atom is -0.308 e. The molecule has 0 aromatic carbocycles. The molecule has 0 saturated carbocycles. The van der Waals surface area contributed by atoms with Gasteiger partial charge in [-0.25, -0.2) is 4.89 Å². The molecule has 1 aliphatic rings. The van der Waals surface area contributed by atoms with Gasteiger partial charge in [-0.1, -0.05) is 0 Å². The molecule has 0 aromatic rings. The quantitative estimate of drug-likeness (QED) is 0.346. The van der Waals surface area contributed by atoms with Crippen molar-refractivity contribution in [3.63, 3.8) is 0 Å². The molecule has 0 atom stereocenters. The predicted molar refractivity (Wildman–Crippen MR) is 31.5 cm³/mol. The second kappa shape index (κ2) is 4.14. The van der Waals surface area contributed by atoms with Crippen molar-refractivity contribution < 1.29 is 18.6 Å². The second-order valence-corrected chi connectivity index (χ2v) is 2.48. The van der Waals surface area contributed by atoms with Crippen LogP contribution < -0.4 is 0 Å². The first kappa shape index (κ1) is 7.38. The Kier molecular flexibility index (Phi) is 3.40. The van der Waals surface area contributed by atoms with E-state index in [0.717, 1.165) is 0 Å². The fourth-order valence-electron chi connectivity index (χ4n) is 0.400. The number of hydrogen-bond donors (Lipinski definition) is 0. The van der Waals surface area contributed by atoms with Crippen LogP contribution in [0.15, 0.2) is 0 Å². The molecule has 1 heterocycles. The van der Waals surface area contributed by atoms with Gasteiger partial charge in [0.15, 0.2) is 0 Å². The van der Waals surface area contributed by atoms with Crippen molar-refractivity contribution in [3.8, 4) is 0 Å². The van der Waals surface area contributed by atoms with Crippen molar-refractivity contribution >= 4 is 8.60 Å². The molecule has 0 spiro atoms. The van der Waals surface area contributed by atoms with E-state index in [4.69, 9.17) is 9.05 Å². The van der Waals surface area contributed by atoms with Crippen LogP contribution in [0.4, 0.5) is 0 Å². The lowest BCUT2D eigenvalue weighted by Crippen LogP contribution is -1.87. The second-order valence-electron chi connectivity index (χ2n) is 1.37. The third kappa shape index (κ3) is 2.56. The first-order valence-corrected chi connectivity index (χ1v) is 3.88. The van der Waals surface area contributed by atoms with Crippen molar-refractivity contribution in [1.82, 2.24) is 0 Å². The van der Waals surface area contributed by atoms with E-state index < -0.39 is 8.60 Å². The van der Waals surface area contributed by atoms with Crippen LogP contribution in [-0.2, 0) is 18.6 Å². The standard InChI is InChI=1S/C4H9O4P/c1-2-5-8-9-6-3-4-7-9/h2-4H2,1H3. The first-order valence-electron chi connectivity index (χ1n) is 2.79. The molecule has 0 aromatic heterocycles. The summed E-state index contributed by atoms with van der Waals surface area (Å²) >= 11 is 0. The van der Waals surface area contributed by atoms with Crippen molar-refractivity contribution in [1.29, 1.82) is 0 Å². The molecule has 1 rings (SSSR count). The first-order chi connectivity index (χ1) is 4.43. The average Bonchev–Trinajstić information content (AvgIpc) is 2.34. The lowest BCUT2D eigenvalue weighted by Gasteiger charge is -2.03. The molecule has 1 saturated heterocycles. The van der Waals surface area contributed by atoms with Crippen molar-refractivity contribution in [2.24, 2.45) is 0 Å². The summed E-state index contributed by atoms with van der Waals surface area (Å²) in [5.74, 6) is 0. The molecule has 9 heavy (non-hydrogen) atoms. The lowest BCUT2D eigenvalue weighted by atomic mass is 10.8. The van der Waals surface area contributed by atoms with Gasteiger partial charge in [0, 0.05) is 0 Å². The highest BCUT2D eigenvalue weighted by Crippen LogP contribution is 2.43. The normalized spacial score (nSPS) is 21.0. The summed E-state index contributed by atoms with van der Waals surface area (Å²) in [6, 6.07) is 0. The molecule has 4 nitrogen and oxygen atoms in total. The summed E-state index contributed by atoms with van der Waals surface area (Å²) in [5.41, 5.74) is 0. The topological polar surface area (TPSA) is 36.9 Å². The van der Waals surface area contributed by atoms with Gasteiger partial charge in [-0.05, 0) is 6.92 Å². The maximum absolute atomic E-state index is 4.95. The summed E-state index contributed by atoms with van der Waals surface area (Å²) in [6.45, 7) is 3.58. The van der Waals surface area contributed by atoms with Crippen molar-refractivity contribution in [3.05, 3.63) is 0 Å². The zero-order valence-electron chi connectivity index (χ0n) is 5.20. The molecule has 0 N–H and O–H groups in total. The Bertz CT molecular complexity index is 73.0. The molecule has 0 aliphatic carbocycles. The Morgan fingerprint density at radius 3 is 2.67 bits per heavy atom. The van der Waals surface area contributed by atoms with Gasteiger partial charge in [0.2, 0.25) is 0 Å². The van der Waals surface area contributed by atoms with Gasteiger partial charge in [0.25, 0.3) is 0 Å². The minimum atomic E-state index is -1.17. The Hall–Kier alpha value is 0.270. The minimum absolute atomic E-state index is 0.519. The summed E-state index contributed by atoms with van der Waals surface area (Å²) in [7, 11) is -1.17. The van der Waals surface area contributed by atoms with E-state index in [1.807, 2.05) is 6.92 Å². The van der Waals surface area contributed by atoms with Gasteiger partial charge < -0.3 is 9.05 Å². The zero-order valence-corrected chi connectivity index (χ0v) is 6.10. The van der Waals surface area contributed by atoms with E-state index in [0.29, 0.717) is 19.8 Å². The monoisotopic (exact) mass is 152 g/mol. The van der Waals surface area contributed by atoms with E-state index in [-0.39, 0.29) is 0 Å². The molecule has 0 bridgehead atoms. The SMILES string of the molecule is CCOOP1OCCO1. The Morgan fingerprint density at radius 1 is 1.44 bits per heavy atom. The van der Waals surface area contributed by atoms with E-state index in [1.54, 1.807) is 0 Å². The van der Waals surface area contributed by atoms with Gasteiger partial charge in [-0.15, -0.1) is 0 Å². The Labute approximate surface area is 55.0 Å². The molecule has 0 radical (unpaired) electrons. The number of rotatable bonds is 3. The van der Waals surface area contributed by atoms with Crippen molar-refractivity contribution in [2.75, 3.05) is 19.8 Å². The van der Waals surface area contributed by atoms with E-state index in [2.05, 4.69) is 9.56 Å². The lowest BCUT2D eigenvalue weighted by molar-refractivity contribution is -0.208. The third-order valence-electron chi connectivity index (χ3n) is 0.708. The molecule has 54 valence electrons.